The topological polar surface area (TPSA) is 86.5 Å². The molecule has 2 aromatic rings. The van der Waals surface area contributed by atoms with Gasteiger partial charge in [-0.25, -0.2) is 4.79 Å². The second kappa shape index (κ2) is 5.85. The van der Waals surface area contributed by atoms with Crippen LogP contribution in [0, 0.1) is 0 Å². The second-order valence-electron chi connectivity index (χ2n) is 3.59. The molecule has 2 heterocycles. The minimum atomic E-state index is -0.488. The number of rotatable bonds is 5. The average Bonchev–Trinajstić information content (AvgIpc) is 2.79. The van der Waals surface area contributed by atoms with Gasteiger partial charge in [-0.3, -0.25) is 4.98 Å². The van der Waals surface area contributed by atoms with Gasteiger partial charge in [0.05, 0.1) is 6.61 Å². The van der Waals surface area contributed by atoms with Crippen molar-refractivity contribution in [3.63, 3.8) is 0 Å². The van der Waals surface area contributed by atoms with Crippen molar-refractivity contribution >= 4 is 5.97 Å². The van der Waals surface area contributed by atoms with E-state index in [-0.39, 0.29) is 19.1 Å². The van der Waals surface area contributed by atoms with Crippen LogP contribution in [0.3, 0.4) is 0 Å². The minimum absolute atomic E-state index is 0.134. The molecule has 0 aliphatic heterocycles. The zero-order chi connectivity index (χ0) is 13.7. The summed E-state index contributed by atoms with van der Waals surface area (Å²) in [4.78, 5) is 15.7. The van der Waals surface area contributed by atoms with Crippen LogP contribution in [0.25, 0.3) is 11.3 Å². The van der Waals surface area contributed by atoms with Gasteiger partial charge in [0.1, 0.15) is 5.69 Å². The lowest BCUT2D eigenvalue weighted by Crippen LogP contribution is -2.14. The maximum atomic E-state index is 11.1. The Hall–Kier alpha value is -2.57. The Labute approximate surface area is 109 Å². The molecule has 0 fully saturated rings. The third-order valence-electron chi connectivity index (χ3n) is 2.27. The van der Waals surface area contributed by atoms with Gasteiger partial charge >= 0.3 is 5.97 Å². The molecular weight excluding hydrogens is 250 g/mol. The Balaban J connectivity index is 2.07. The second-order valence-corrected chi connectivity index (χ2v) is 3.59. The highest BCUT2D eigenvalue weighted by Gasteiger charge is 2.12. The Bertz CT molecular complexity index is 553. The third-order valence-corrected chi connectivity index (χ3v) is 2.27. The van der Waals surface area contributed by atoms with E-state index in [4.69, 9.17) is 9.47 Å². The van der Waals surface area contributed by atoms with Crippen LogP contribution in [0.15, 0.2) is 30.6 Å². The first-order valence-corrected chi connectivity index (χ1v) is 5.69. The van der Waals surface area contributed by atoms with Gasteiger partial charge in [-0.05, 0) is 19.1 Å². The summed E-state index contributed by atoms with van der Waals surface area (Å²) in [6, 6.07) is 5.02. The monoisotopic (exact) mass is 263 g/mol. The van der Waals surface area contributed by atoms with Crippen molar-refractivity contribution < 1.29 is 19.5 Å². The molecule has 7 nitrogen and oxygen atoms in total. The summed E-state index contributed by atoms with van der Waals surface area (Å²) in [5.41, 5.74) is 1.11. The lowest BCUT2D eigenvalue weighted by molar-refractivity contribution is -0.145. The van der Waals surface area contributed by atoms with Gasteiger partial charge in [-0.1, -0.05) is 9.94 Å². The molecule has 0 radical (unpaired) electrons. The van der Waals surface area contributed by atoms with E-state index in [1.807, 2.05) is 0 Å². The first-order chi connectivity index (χ1) is 9.20. The Kier molecular flexibility index (Phi) is 3.97. The first-order valence-electron chi connectivity index (χ1n) is 5.69. The number of carbonyl (C=O) groups excluding carboxylic acids is 1. The summed E-state index contributed by atoms with van der Waals surface area (Å²) in [6.07, 6.45) is 3.21. The molecule has 0 saturated heterocycles. The molecule has 2 aromatic heterocycles. The van der Waals surface area contributed by atoms with Crippen LogP contribution in [-0.4, -0.2) is 39.3 Å². The lowest BCUT2D eigenvalue weighted by atomic mass is 10.2. The highest BCUT2D eigenvalue weighted by molar-refractivity contribution is 5.71. The first kappa shape index (κ1) is 12.9. The number of hydrogen-bond donors (Lipinski definition) is 1. The molecule has 19 heavy (non-hydrogen) atoms. The van der Waals surface area contributed by atoms with Crippen LogP contribution in [0.1, 0.15) is 6.92 Å². The van der Waals surface area contributed by atoms with Gasteiger partial charge in [0.15, 0.2) is 6.61 Å². The Morgan fingerprint density at radius 3 is 3.05 bits per heavy atom. The van der Waals surface area contributed by atoms with Gasteiger partial charge in [0.2, 0.25) is 5.88 Å². The van der Waals surface area contributed by atoms with Crippen molar-refractivity contribution in [1.29, 1.82) is 0 Å². The molecule has 0 aliphatic carbocycles. The van der Waals surface area contributed by atoms with E-state index in [1.165, 1.54) is 6.07 Å². The number of carbonyl (C=O) groups is 1. The normalized spacial score (nSPS) is 10.2. The number of esters is 1. The summed E-state index contributed by atoms with van der Waals surface area (Å²) >= 11 is 0. The summed E-state index contributed by atoms with van der Waals surface area (Å²) in [5, 5.41) is 13.4. The molecular formula is C12H13N3O4. The number of hydrogen-bond acceptors (Lipinski definition) is 6. The molecule has 0 saturated carbocycles. The van der Waals surface area contributed by atoms with Crippen molar-refractivity contribution in [1.82, 2.24) is 14.9 Å². The minimum Gasteiger partial charge on any atom is -0.464 e. The van der Waals surface area contributed by atoms with E-state index in [9.17, 15) is 10.0 Å². The van der Waals surface area contributed by atoms with Crippen LogP contribution >= 0.6 is 0 Å². The summed E-state index contributed by atoms with van der Waals surface area (Å²) in [5.74, 6) is -0.354. The van der Waals surface area contributed by atoms with E-state index < -0.39 is 5.97 Å². The molecule has 2 rings (SSSR count). The molecule has 0 unspecified atom stereocenters. The fourth-order valence-electron chi connectivity index (χ4n) is 1.47. The van der Waals surface area contributed by atoms with Crippen LogP contribution in [0.4, 0.5) is 0 Å². The largest absolute Gasteiger partial charge is 0.464 e. The smallest absolute Gasteiger partial charge is 0.344 e. The number of pyridine rings is 1. The fraction of sp³-hybridized carbons (Fsp3) is 0.250. The standard InChI is InChI=1S/C12H13N3O4/c1-2-18-12(16)8-19-11-6-10(15(17)14-11)9-4-3-5-13-7-9/h3-7,17H,2,8H2,1H3. The summed E-state index contributed by atoms with van der Waals surface area (Å²) in [6.45, 7) is 1.75. The van der Waals surface area contributed by atoms with Crippen molar-refractivity contribution in [2.75, 3.05) is 13.2 Å². The Morgan fingerprint density at radius 2 is 2.37 bits per heavy atom. The summed E-state index contributed by atoms with van der Waals surface area (Å²) in [7, 11) is 0. The van der Waals surface area contributed by atoms with Gasteiger partial charge in [0.25, 0.3) is 0 Å². The number of nitrogens with zero attached hydrogens (tertiary/aromatic N) is 3. The van der Waals surface area contributed by atoms with Gasteiger partial charge < -0.3 is 14.7 Å². The molecule has 0 atom stereocenters. The molecule has 0 aromatic carbocycles. The maximum absolute atomic E-state index is 11.1. The highest BCUT2D eigenvalue weighted by Crippen LogP contribution is 2.21. The van der Waals surface area contributed by atoms with Crippen LogP contribution in [0.5, 0.6) is 5.88 Å². The number of aromatic nitrogens is 3. The van der Waals surface area contributed by atoms with Crippen molar-refractivity contribution in [3.05, 3.63) is 30.6 Å². The van der Waals surface area contributed by atoms with Gasteiger partial charge in [0, 0.05) is 24.0 Å². The highest BCUT2D eigenvalue weighted by atomic mass is 16.6. The van der Waals surface area contributed by atoms with E-state index >= 15 is 0 Å². The molecule has 0 bridgehead atoms. The predicted octanol–water partition coefficient (Wildman–Crippen LogP) is 1.12. The predicted molar refractivity (Wildman–Crippen MR) is 64.8 cm³/mol. The molecule has 1 N–H and O–H groups in total. The maximum Gasteiger partial charge on any atom is 0.344 e. The molecule has 0 spiro atoms. The third kappa shape index (κ3) is 3.21. The van der Waals surface area contributed by atoms with E-state index in [2.05, 4.69) is 10.1 Å². The van der Waals surface area contributed by atoms with E-state index in [0.29, 0.717) is 16.1 Å². The molecule has 100 valence electrons. The van der Waals surface area contributed by atoms with E-state index in [0.717, 1.165) is 0 Å². The van der Waals surface area contributed by atoms with E-state index in [1.54, 1.807) is 31.5 Å². The van der Waals surface area contributed by atoms with Crippen LogP contribution < -0.4 is 4.74 Å². The van der Waals surface area contributed by atoms with Crippen molar-refractivity contribution in [3.8, 4) is 17.1 Å². The van der Waals surface area contributed by atoms with Crippen LogP contribution in [-0.2, 0) is 9.53 Å². The zero-order valence-corrected chi connectivity index (χ0v) is 10.3. The van der Waals surface area contributed by atoms with Gasteiger partial charge in [-0.2, -0.15) is 0 Å². The average molecular weight is 263 g/mol. The SMILES string of the molecule is CCOC(=O)COc1cc(-c2cccnc2)n(O)n1. The molecule has 7 heteroatoms. The fourth-order valence-corrected chi connectivity index (χ4v) is 1.47. The van der Waals surface area contributed by atoms with Crippen LogP contribution in [0.2, 0.25) is 0 Å². The molecule has 0 aliphatic rings. The zero-order valence-electron chi connectivity index (χ0n) is 10.3. The quantitative estimate of drug-likeness (QED) is 0.642. The number of ether oxygens (including phenoxy) is 2. The van der Waals surface area contributed by atoms with Crippen molar-refractivity contribution in [2.45, 2.75) is 6.92 Å². The molecule has 0 amide bonds. The van der Waals surface area contributed by atoms with Gasteiger partial charge in [-0.15, -0.1) is 0 Å². The van der Waals surface area contributed by atoms with Crippen molar-refractivity contribution in [2.24, 2.45) is 0 Å². The lowest BCUT2D eigenvalue weighted by Gasteiger charge is -2.01. The Morgan fingerprint density at radius 1 is 1.53 bits per heavy atom. The summed E-state index contributed by atoms with van der Waals surface area (Å²) < 4.78 is 9.83.